The Morgan fingerprint density at radius 3 is 2.69 bits per heavy atom. The van der Waals surface area contributed by atoms with Crippen molar-refractivity contribution in [2.45, 2.75) is 6.92 Å². The molecule has 0 radical (unpaired) electrons. The molecule has 1 saturated heterocycles. The van der Waals surface area contributed by atoms with Crippen LogP contribution in [0.1, 0.15) is 22.8 Å². The third-order valence-corrected chi connectivity index (χ3v) is 5.95. The number of aliphatic hydroxyl groups excluding tert-OH is 1. The van der Waals surface area contributed by atoms with Gasteiger partial charge in [-0.15, -0.1) is 0 Å². The molecular formula is C23H24N4O5. The van der Waals surface area contributed by atoms with Gasteiger partial charge in [0, 0.05) is 49.5 Å². The van der Waals surface area contributed by atoms with Gasteiger partial charge >= 0.3 is 6.09 Å². The predicted molar refractivity (Wildman–Crippen MR) is 119 cm³/mol. The molecule has 2 heterocycles. The van der Waals surface area contributed by atoms with Gasteiger partial charge in [0.2, 0.25) is 0 Å². The van der Waals surface area contributed by atoms with Gasteiger partial charge in [0.1, 0.15) is 5.52 Å². The maximum atomic E-state index is 13.4. The lowest BCUT2D eigenvalue weighted by atomic mass is 9.86. The smallest absolute Gasteiger partial charge is 0.409 e. The van der Waals surface area contributed by atoms with Crippen LogP contribution in [-0.2, 0) is 4.74 Å². The van der Waals surface area contributed by atoms with Gasteiger partial charge in [-0.05, 0) is 13.0 Å². The molecule has 5 rings (SSSR count). The van der Waals surface area contributed by atoms with Crippen molar-refractivity contribution >= 4 is 34.2 Å². The van der Waals surface area contributed by atoms with Crippen LogP contribution in [0.3, 0.4) is 0 Å². The summed E-state index contributed by atoms with van der Waals surface area (Å²) in [5.41, 5.74) is 3.90. The number of nitrogens with one attached hydrogen (secondary N) is 1. The average Bonchev–Trinajstić information content (AvgIpc) is 3.27. The van der Waals surface area contributed by atoms with Crippen LogP contribution in [0.4, 0.5) is 16.2 Å². The van der Waals surface area contributed by atoms with E-state index >= 15 is 0 Å². The topological polar surface area (TPSA) is 108 Å². The number of aliphatic hydroxyl groups is 1. The molecule has 1 aromatic heterocycles. The minimum Gasteiger partial charge on any atom is -0.450 e. The van der Waals surface area contributed by atoms with Gasteiger partial charge in [0.25, 0.3) is 0 Å². The lowest BCUT2D eigenvalue weighted by molar-refractivity contribution is 0.103. The van der Waals surface area contributed by atoms with Crippen molar-refractivity contribution in [1.82, 2.24) is 10.1 Å². The first-order valence-corrected chi connectivity index (χ1v) is 10.8. The molecule has 0 saturated carbocycles. The van der Waals surface area contributed by atoms with E-state index in [1.807, 2.05) is 24.3 Å². The van der Waals surface area contributed by atoms with E-state index < -0.39 is 0 Å². The Bertz CT molecular complexity index is 1200. The van der Waals surface area contributed by atoms with Crippen LogP contribution in [0.25, 0.3) is 22.2 Å². The van der Waals surface area contributed by atoms with Crippen molar-refractivity contribution in [3.8, 4) is 11.3 Å². The van der Waals surface area contributed by atoms with E-state index in [9.17, 15) is 14.7 Å². The summed E-state index contributed by atoms with van der Waals surface area (Å²) in [4.78, 5) is 29.3. The molecule has 3 aromatic rings. The van der Waals surface area contributed by atoms with E-state index in [1.165, 1.54) is 0 Å². The molecule has 2 aromatic carbocycles. The number of ketones is 1. The number of fused-ring (bicyclic) bond motifs is 2. The molecule has 0 atom stereocenters. The number of rotatable bonds is 5. The minimum absolute atomic E-state index is 0.0632. The Kier molecular flexibility index (Phi) is 5.18. The normalized spacial score (nSPS) is 15.1. The number of nitrogens with zero attached hydrogens (tertiary/aromatic N) is 3. The Morgan fingerprint density at radius 2 is 1.97 bits per heavy atom. The highest BCUT2D eigenvalue weighted by Crippen LogP contribution is 2.45. The molecule has 1 aliphatic carbocycles. The lowest BCUT2D eigenvalue weighted by Gasteiger charge is -2.36. The van der Waals surface area contributed by atoms with E-state index in [0.29, 0.717) is 72.8 Å². The summed E-state index contributed by atoms with van der Waals surface area (Å²) in [5, 5.41) is 17.6. The first-order valence-electron chi connectivity index (χ1n) is 10.8. The van der Waals surface area contributed by atoms with Crippen molar-refractivity contribution in [3.63, 3.8) is 0 Å². The van der Waals surface area contributed by atoms with Crippen LogP contribution in [0.5, 0.6) is 0 Å². The number of piperazine rings is 1. The van der Waals surface area contributed by atoms with Crippen molar-refractivity contribution in [1.29, 1.82) is 0 Å². The van der Waals surface area contributed by atoms with Crippen LogP contribution in [0.15, 0.2) is 34.9 Å². The van der Waals surface area contributed by atoms with Crippen LogP contribution in [-0.4, -0.2) is 73.0 Å². The van der Waals surface area contributed by atoms with E-state index in [4.69, 9.17) is 9.26 Å². The highest BCUT2D eigenvalue weighted by Gasteiger charge is 2.34. The van der Waals surface area contributed by atoms with Gasteiger partial charge in [-0.3, -0.25) is 4.79 Å². The molecule has 0 unspecified atom stereocenters. The molecule has 1 fully saturated rings. The summed E-state index contributed by atoms with van der Waals surface area (Å²) in [6, 6.07) is 9.24. The van der Waals surface area contributed by atoms with Gasteiger partial charge in [-0.25, -0.2) is 4.79 Å². The third kappa shape index (κ3) is 3.16. The number of carbonyl (C=O) groups excluding carboxylic acids is 2. The van der Waals surface area contributed by atoms with Crippen LogP contribution in [0, 0.1) is 0 Å². The highest BCUT2D eigenvalue weighted by atomic mass is 16.6. The zero-order chi connectivity index (χ0) is 22.2. The SMILES string of the molecule is CCOC(=O)N1CCN(c2cc(NCCO)c3c4c(onc24)-c2ccccc2C3=O)CC1. The maximum Gasteiger partial charge on any atom is 0.409 e. The molecule has 1 aliphatic heterocycles. The number of amides is 1. The van der Waals surface area contributed by atoms with Gasteiger partial charge in [-0.2, -0.15) is 0 Å². The molecule has 2 aliphatic rings. The fraction of sp³-hybridized carbons (Fsp3) is 0.348. The summed E-state index contributed by atoms with van der Waals surface area (Å²) in [5.74, 6) is 0.477. The second-order valence-corrected chi connectivity index (χ2v) is 7.75. The van der Waals surface area contributed by atoms with Crippen molar-refractivity contribution in [2.24, 2.45) is 0 Å². The number of hydrogen-bond donors (Lipinski definition) is 2. The Balaban J connectivity index is 1.59. The second-order valence-electron chi connectivity index (χ2n) is 7.75. The lowest BCUT2D eigenvalue weighted by Crippen LogP contribution is -2.49. The molecule has 0 spiro atoms. The van der Waals surface area contributed by atoms with Gasteiger partial charge in [0.15, 0.2) is 11.5 Å². The largest absolute Gasteiger partial charge is 0.450 e. The van der Waals surface area contributed by atoms with Crippen LogP contribution >= 0.6 is 0 Å². The third-order valence-electron chi connectivity index (χ3n) is 5.95. The molecule has 2 N–H and O–H groups in total. The summed E-state index contributed by atoms with van der Waals surface area (Å²) in [7, 11) is 0. The molecule has 1 amide bonds. The molecule has 0 bridgehead atoms. The summed E-state index contributed by atoms with van der Waals surface area (Å²) in [6.07, 6.45) is -0.307. The Hall–Kier alpha value is -3.59. The zero-order valence-corrected chi connectivity index (χ0v) is 17.8. The van der Waals surface area contributed by atoms with Gasteiger partial charge in [0.05, 0.1) is 29.9 Å². The number of hydrogen-bond acceptors (Lipinski definition) is 8. The molecule has 32 heavy (non-hydrogen) atoms. The minimum atomic E-state index is -0.307. The Labute approximate surface area is 184 Å². The average molecular weight is 436 g/mol. The highest BCUT2D eigenvalue weighted by molar-refractivity contribution is 6.28. The van der Waals surface area contributed by atoms with Crippen molar-refractivity contribution in [3.05, 3.63) is 41.5 Å². The molecule has 9 nitrogen and oxygen atoms in total. The molecular weight excluding hydrogens is 412 g/mol. The number of ether oxygens (including phenoxy) is 1. The van der Waals surface area contributed by atoms with E-state index in [-0.39, 0.29) is 18.5 Å². The summed E-state index contributed by atoms with van der Waals surface area (Å²) < 4.78 is 10.9. The van der Waals surface area contributed by atoms with E-state index in [1.54, 1.807) is 17.9 Å². The van der Waals surface area contributed by atoms with Crippen molar-refractivity contribution < 1.29 is 24.0 Å². The monoisotopic (exact) mass is 436 g/mol. The summed E-state index contributed by atoms with van der Waals surface area (Å²) in [6.45, 7) is 4.62. The van der Waals surface area contributed by atoms with E-state index in [0.717, 1.165) is 11.3 Å². The fourth-order valence-electron chi connectivity index (χ4n) is 4.46. The first kappa shape index (κ1) is 20.3. The number of aromatic nitrogens is 1. The summed E-state index contributed by atoms with van der Waals surface area (Å²) >= 11 is 0. The standard InChI is InChI=1S/C23H24N4O5/c1-2-31-23(30)27-10-8-26(9-11-27)17-13-16(24-7-12-28)18-19-20(17)25-32-22(19)15-6-4-3-5-14(15)21(18)29/h3-6,13,24,28H,2,7-12H2,1H3. The van der Waals surface area contributed by atoms with Gasteiger partial charge in [-0.1, -0.05) is 29.4 Å². The number of carbonyl (C=O) groups is 2. The molecule has 9 heteroatoms. The first-order chi connectivity index (χ1) is 15.6. The van der Waals surface area contributed by atoms with Crippen molar-refractivity contribution in [2.75, 3.05) is 56.2 Å². The number of benzene rings is 2. The predicted octanol–water partition coefficient (Wildman–Crippen LogP) is 2.72. The maximum absolute atomic E-state index is 13.4. The second kappa shape index (κ2) is 8.16. The van der Waals surface area contributed by atoms with Crippen LogP contribution in [0.2, 0.25) is 0 Å². The van der Waals surface area contributed by atoms with E-state index in [2.05, 4.69) is 15.4 Å². The quantitative estimate of drug-likeness (QED) is 0.492. The van der Waals surface area contributed by atoms with Crippen LogP contribution < -0.4 is 10.2 Å². The Morgan fingerprint density at radius 1 is 1.22 bits per heavy atom. The number of anilines is 2. The fourth-order valence-corrected chi connectivity index (χ4v) is 4.46. The molecule has 166 valence electrons. The zero-order valence-electron chi connectivity index (χ0n) is 17.8. The van der Waals surface area contributed by atoms with Gasteiger partial charge < -0.3 is 29.5 Å².